The van der Waals surface area contributed by atoms with Gasteiger partial charge < -0.3 is 14.4 Å². The number of ether oxygens (including phenoxy) is 2. The van der Waals surface area contributed by atoms with Crippen LogP contribution in [0.2, 0.25) is 0 Å². The van der Waals surface area contributed by atoms with E-state index in [9.17, 15) is 18.8 Å². The third-order valence-electron chi connectivity index (χ3n) is 7.51. The summed E-state index contributed by atoms with van der Waals surface area (Å²) in [7, 11) is 0. The molecule has 11 nitrogen and oxygen atoms in total. The Kier molecular flexibility index (Phi) is 9.19. The van der Waals surface area contributed by atoms with Gasteiger partial charge in [-0.2, -0.15) is 10.2 Å². The fraction of sp³-hybridized carbons (Fsp3) is 0.419. The van der Waals surface area contributed by atoms with Crippen LogP contribution in [0.15, 0.2) is 52.3 Å². The van der Waals surface area contributed by atoms with E-state index in [4.69, 9.17) is 21.7 Å². The SMILES string of the molecule is CC(=S)COc1ccc(F)cc1C(Cn1c(=O)n(C(C)(C)C(=O)N2CC=CC2)c(=O)c2c(C)c(-n3nccn3)sc21)OC(C)C. The number of hydrogen-bond acceptors (Lipinski definition) is 9. The second-order valence-electron chi connectivity index (χ2n) is 11.7. The van der Waals surface area contributed by atoms with Crippen LogP contribution in [0.3, 0.4) is 0 Å². The Balaban J connectivity index is 1.76. The highest BCUT2D eigenvalue weighted by atomic mass is 32.1. The first-order valence-electron chi connectivity index (χ1n) is 14.5. The summed E-state index contributed by atoms with van der Waals surface area (Å²) in [6, 6.07) is 4.09. The Labute approximate surface area is 268 Å². The van der Waals surface area contributed by atoms with Crippen molar-refractivity contribution >= 4 is 44.5 Å². The van der Waals surface area contributed by atoms with Crippen LogP contribution in [0.1, 0.15) is 51.8 Å². The van der Waals surface area contributed by atoms with Crippen molar-refractivity contribution in [1.82, 2.24) is 29.0 Å². The van der Waals surface area contributed by atoms with Crippen LogP contribution in [0.5, 0.6) is 5.75 Å². The number of thiocarbonyl (C=S) groups is 1. The topological polar surface area (TPSA) is 113 Å². The van der Waals surface area contributed by atoms with Gasteiger partial charge in [0.1, 0.15) is 39.6 Å². The first-order valence-corrected chi connectivity index (χ1v) is 15.7. The molecule has 1 atom stereocenters. The van der Waals surface area contributed by atoms with Gasteiger partial charge >= 0.3 is 5.69 Å². The third-order valence-corrected chi connectivity index (χ3v) is 8.91. The standard InChI is InChI=1S/C31H35FN6O5S2/c1-18(2)43-24(22-15-21(32)9-10-23(22)42-17-19(3)44)16-36-28-25(20(4)27(45-28)38-33-11-12-34-38)26(39)37(30(36)41)31(5,6)29(40)35-13-7-8-14-35/h7-12,15,18,24H,13-14,16-17H2,1-6H3. The van der Waals surface area contributed by atoms with E-state index >= 15 is 0 Å². The molecule has 238 valence electrons. The van der Waals surface area contributed by atoms with Gasteiger partial charge in [-0.15, -0.1) is 4.80 Å². The second-order valence-corrected chi connectivity index (χ2v) is 13.3. The number of amides is 1. The van der Waals surface area contributed by atoms with Gasteiger partial charge in [0, 0.05) is 29.1 Å². The Morgan fingerprint density at radius 2 is 1.82 bits per heavy atom. The van der Waals surface area contributed by atoms with E-state index < -0.39 is 28.7 Å². The summed E-state index contributed by atoms with van der Waals surface area (Å²) >= 11 is 6.36. The van der Waals surface area contributed by atoms with Crippen LogP contribution in [0.25, 0.3) is 15.2 Å². The summed E-state index contributed by atoms with van der Waals surface area (Å²) in [4.78, 5) is 46.5. The quantitative estimate of drug-likeness (QED) is 0.174. The van der Waals surface area contributed by atoms with Crippen LogP contribution in [0, 0.1) is 12.7 Å². The average molecular weight is 655 g/mol. The molecule has 0 saturated carbocycles. The lowest BCUT2D eigenvalue weighted by Gasteiger charge is -2.31. The lowest BCUT2D eigenvalue weighted by Crippen LogP contribution is -2.56. The van der Waals surface area contributed by atoms with E-state index in [1.807, 2.05) is 26.0 Å². The van der Waals surface area contributed by atoms with Crippen LogP contribution in [0.4, 0.5) is 4.39 Å². The van der Waals surface area contributed by atoms with Gasteiger partial charge in [-0.25, -0.2) is 13.8 Å². The zero-order valence-corrected chi connectivity index (χ0v) is 27.6. The van der Waals surface area contributed by atoms with Crippen molar-refractivity contribution in [3.63, 3.8) is 0 Å². The monoisotopic (exact) mass is 654 g/mol. The van der Waals surface area contributed by atoms with Crippen LogP contribution in [-0.4, -0.2) is 65.6 Å². The molecule has 3 aromatic heterocycles. The number of carbonyl (C=O) groups is 1. The molecule has 0 spiro atoms. The summed E-state index contributed by atoms with van der Waals surface area (Å²) in [5, 5.41) is 9.27. The van der Waals surface area contributed by atoms with Gasteiger partial charge in [0.2, 0.25) is 5.91 Å². The number of fused-ring (bicyclic) bond motifs is 1. The number of hydrogen-bond donors (Lipinski definition) is 0. The van der Waals surface area contributed by atoms with Crippen LogP contribution >= 0.6 is 23.6 Å². The predicted octanol–water partition coefficient (Wildman–Crippen LogP) is 4.32. The number of carbonyl (C=O) groups excluding carboxylic acids is 1. The van der Waals surface area contributed by atoms with E-state index in [0.29, 0.717) is 44.7 Å². The molecule has 5 rings (SSSR count). The molecule has 0 saturated heterocycles. The smallest absolute Gasteiger partial charge is 0.333 e. The van der Waals surface area contributed by atoms with Crippen molar-refractivity contribution in [2.45, 2.75) is 65.8 Å². The minimum absolute atomic E-state index is 0.119. The number of halogens is 1. The molecule has 0 N–H and O–H groups in total. The number of aryl methyl sites for hydroxylation is 1. The molecule has 1 aliphatic rings. The highest BCUT2D eigenvalue weighted by molar-refractivity contribution is 7.80. The van der Waals surface area contributed by atoms with E-state index in [1.165, 1.54) is 51.3 Å². The normalized spacial score (nSPS) is 14.1. The first kappa shape index (κ1) is 32.4. The Morgan fingerprint density at radius 1 is 1.16 bits per heavy atom. The van der Waals surface area contributed by atoms with Crippen molar-refractivity contribution in [1.29, 1.82) is 0 Å². The summed E-state index contributed by atoms with van der Waals surface area (Å²) in [5.74, 6) is -0.531. The van der Waals surface area contributed by atoms with Crippen LogP contribution in [-0.2, 0) is 21.6 Å². The highest BCUT2D eigenvalue weighted by Gasteiger charge is 2.39. The molecule has 0 aliphatic carbocycles. The fourth-order valence-corrected chi connectivity index (χ4v) is 6.70. The molecule has 1 amide bonds. The molecular formula is C31H35FN6O5S2. The van der Waals surface area contributed by atoms with Gasteiger partial charge in [-0.1, -0.05) is 35.7 Å². The van der Waals surface area contributed by atoms with E-state index in [1.54, 1.807) is 32.6 Å². The number of nitrogens with zero attached hydrogens (tertiary/aromatic N) is 6. The second kappa shape index (κ2) is 12.8. The highest BCUT2D eigenvalue weighted by Crippen LogP contribution is 2.35. The Hall–Kier alpha value is -4.01. The molecule has 1 aromatic carbocycles. The number of thiophene rings is 1. The molecule has 45 heavy (non-hydrogen) atoms. The predicted molar refractivity (Wildman–Crippen MR) is 174 cm³/mol. The van der Waals surface area contributed by atoms with E-state index in [-0.39, 0.29) is 30.5 Å². The summed E-state index contributed by atoms with van der Waals surface area (Å²) in [6.45, 7) is 11.1. The molecule has 1 unspecified atom stereocenters. The lowest BCUT2D eigenvalue weighted by molar-refractivity contribution is -0.138. The molecule has 0 fully saturated rings. The minimum Gasteiger partial charge on any atom is -0.488 e. The van der Waals surface area contributed by atoms with Gasteiger partial charge in [-0.05, 0) is 59.7 Å². The summed E-state index contributed by atoms with van der Waals surface area (Å²) in [6.07, 6.45) is 5.54. The largest absolute Gasteiger partial charge is 0.488 e. The Bertz CT molecular complexity index is 1900. The van der Waals surface area contributed by atoms with Crippen molar-refractivity contribution in [3.05, 3.63) is 80.5 Å². The maximum Gasteiger partial charge on any atom is 0.333 e. The van der Waals surface area contributed by atoms with Crippen molar-refractivity contribution < 1.29 is 18.7 Å². The number of rotatable bonds is 11. The molecule has 1 aliphatic heterocycles. The van der Waals surface area contributed by atoms with Crippen molar-refractivity contribution in [2.75, 3.05) is 19.7 Å². The van der Waals surface area contributed by atoms with Crippen LogP contribution < -0.4 is 16.0 Å². The molecule has 4 aromatic rings. The van der Waals surface area contributed by atoms with Gasteiger partial charge in [-0.3, -0.25) is 14.2 Å². The van der Waals surface area contributed by atoms with Crippen molar-refractivity contribution in [2.24, 2.45) is 0 Å². The van der Waals surface area contributed by atoms with Gasteiger partial charge in [0.25, 0.3) is 5.56 Å². The van der Waals surface area contributed by atoms with Gasteiger partial charge in [0.05, 0.1) is 30.4 Å². The minimum atomic E-state index is -1.53. The summed E-state index contributed by atoms with van der Waals surface area (Å²) < 4.78 is 29.4. The molecule has 14 heteroatoms. The van der Waals surface area contributed by atoms with Gasteiger partial charge in [0.15, 0.2) is 0 Å². The molecular weight excluding hydrogens is 620 g/mol. The summed E-state index contributed by atoms with van der Waals surface area (Å²) in [5.41, 5.74) is -1.91. The number of aromatic nitrogens is 5. The molecule has 4 heterocycles. The molecule has 0 bridgehead atoms. The maximum atomic E-state index is 14.7. The van der Waals surface area contributed by atoms with E-state index in [0.717, 1.165) is 4.57 Å². The van der Waals surface area contributed by atoms with Crippen molar-refractivity contribution in [3.8, 4) is 10.8 Å². The fourth-order valence-electron chi connectivity index (χ4n) is 5.42. The maximum absolute atomic E-state index is 14.7. The molecule has 0 radical (unpaired) electrons. The Morgan fingerprint density at radius 3 is 2.44 bits per heavy atom. The third kappa shape index (κ3) is 6.26. The number of benzene rings is 1. The zero-order chi connectivity index (χ0) is 32.6. The van der Waals surface area contributed by atoms with E-state index in [2.05, 4.69) is 10.2 Å². The lowest BCUT2D eigenvalue weighted by atomic mass is 10.0. The zero-order valence-electron chi connectivity index (χ0n) is 25.9. The average Bonchev–Trinajstić information content (AvgIpc) is 3.75. The first-order chi connectivity index (χ1) is 21.3.